The Morgan fingerprint density at radius 2 is 2.10 bits per heavy atom. The molecular formula is C9H9N. The summed E-state index contributed by atoms with van der Waals surface area (Å²) in [5, 5.41) is 0. The average molecular weight is 131 g/mol. The first kappa shape index (κ1) is 6.75. The first-order valence-corrected chi connectivity index (χ1v) is 3.08. The lowest BCUT2D eigenvalue weighted by atomic mass is 10.2. The maximum atomic E-state index is 4.08. The first-order chi connectivity index (χ1) is 4.88. The van der Waals surface area contributed by atoms with Crippen molar-refractivity contribution >= 4 is 12.2 Å². The molecule has 0 saturated heterocycles. The highest BCUT2D eigenvalue weighted by atomic mass is 14.7. The Bertz CT molecular complexity index is 224. The van der Waals surface area contributed by atoms with Crippen LogP contribution in [0.2, 0.25) is 0 Å². The van der Waals surface area contributed by atoms with E-state index in [0.29, 0.717) is 0 Å². The maximum absolute atomic E-state index is 4.08. The summed E-state index contributed by atoms with van der Waals surface area (Å²) in [6, 6.07) is 3.83. The van der Waals surface area contributed by atoms with E-state index in [1.165, 1.54) is 0 Å². The molecule has 0 radical (unpaired) electrons. The Morgan fingerprint density at radius 3 is 2.60 bits per heavy atom. The van der Waals surface area contributed by atoms with Gasteiger partial charge in [-0.25, -0.2) is 0 Å². The largest absolute Gasteiger partial charge is 0.256 e. The molecule has 0 aliphatic rings. The van der Waals surface area contributed by atoms with Gasteiger partial charge in [0.1, 0.15) is 0 Å². The number of hydrogen-bond donors (Lipinski definition) is 0. The van der Waals surface area contributed by atoms with Crippen LogP contribution in [0.5, 0.6) is 0 Å². The van der Waals surface area contributed by atoms with Crippen molar-refractivity contribution in [2.24, 2.45) is 0 Å². The van der Waals surface area contributed by atoms with Gasteiger partial charge in [-0.3, -0.25) is 4.98 Å². The van der Waals surface area contributed by atoms with E-state index in [0.717, 1.165) is 11.3 Å². The zero-order chi connectivity index (χ0) is 7.40. The quantitative estimate of drug-likeness (QED) is 0.600. The van der Waals surface area contributed by atoms with E-state index in [9.17, 15) is 0 Å². The second-order valence-corrected chi connectivity index (χ2v) is 1.89. The molecule has 0 bridgehead atoms. The van der Waals surface area contributed by atoms with Crippen molar-refractivity contribution in [1.82, 2.24) is 4.98 Å². The van der Waals surface area contributed by atoms with Crippen molar-refractivity contribution in [2.75, 3.05) is 0 Å². The minimum atomic E-state index is 0.887. The molecule has 0 unspecified atom stereocenters. The molecule has 50 valence electrons. The molecule has 0 amide bonds. The summed E-state index contributed by atoms with van der Waals surface area (Å²) in [5.74, 6) is 0. The summed E-state index contributed by atoms with van der Waals surface area (Å²) >= 11 is 0. The molecule has 0 aliphatic heterocycles. The highest BCUT2D eigenvalue weighted by Gasteiger charge is 1.91. The van der Waals surface area contributed by atoms with Crippen LogP contribution in [0.25, 0.3) is 12.2 Å². The predicted octanol–water partition coefficient (Wildman–Crippen LogP) is 2.37. The van der Waals surface area contributed by atoms with E-state index >= 15 is 0 Å². The maximum Gasteiger partial charge on any atom is 0.0695 e. The summed E-state index contributed by atoms with van der Waals surface area (Å²) in [4.78, 5) is 4.08. The van der Waals surface area contributed by atoms with Crippen molar-refractivity contribution in [1.29, 1.82) is 0 Å². The fraction of sp³-hybridized carbons (Fsp3) is 0. The van der Waals surface area contributed by atoms with Gasteiger partial charge in [0, 0.05) is 6.20 Å². The van der Waals surface area contributed by atoms with E-state index in [1.807, 2.05) is 12.1 Å². The van der Waals surface area contributed by atoms with E-state index in [-0.39, 0.29) is 0 Å². The van der Waals surface area contributed by atoms with Crippen molar-refractivity contribution in [3.63, 3.8) is 0 Å². The summed E-state index contributed by atoms with van der Waals surface area (Å²) < 4.78 is 0. The molecule has 0 aromatic carbocycles. The molecule has 0 atom stereocenters. The number of rotatable bonds is 2. The van der Waals surface area contributed by atoms with Crippen LogP contribution in [0.4, 0.5) is 0 Å². The van der Waals surface area contributed by atoms with Gasteiger partial charge in [-0.15, -0.1) is 0 Å². The van der Waals surface area contributed by atoms with Gasteiger partial charge in [0.2, 0.25) is 0 Å². The lowest BCUT2D eigenvalue weighted by Gasteiger charge is -1.95. The summed E-state index contributed by atoms with van der Waals surface area (Å²) in [6.45, 7) is 7.28. The standard InChI is InChI=1S/C9H9N/c1-3-8-6-5-7-10-9(8)4-2/h3-7H,1-2H2. The van der Waals surface area contributed by atoms with Gasteiger partial charge >= 0.3 is 0 Å². The second kappa shape index (κ2) is 2.97. The highest BCUT2D eigenvalue weighted by molar-refractivity contribution is 5.59. The smallest absolute Gasteiger partial charge is 0.0695 e. The number of aromatic nitrogens is 1. The molecule has 0 N–H and O–H groups in total. The number of nitrogens with zero attached hydrogens (tertiary/aromatic N) is 1. The van der Waals surface area contributed by atoms with Crippen LogP contribution in [0.15, 0.2) is 31.5 Å². The summed E-state index contributed by atoms with van der Waals surface area (Å²) in [7, 11) is 0. The molecule has 10 heavy (non-hydrogen) atoms. The van der Waals surface area contributed by atoms with Gasteiger partial charge in [0.05, 0.1) is 5.69 Å². The monoisotopic (exact) mass is 131 g/mol. The van der Waals surface area contributed by atoms with Gasteiger partial charge < -0.3 is 0 Å². The van der Waals surface area contributed by atoms with Crippen molar-refractivity contribution in [2.45, 2.75) is 0 Å². The van der Waals surface area contributed by atoms with Crippen LogP contribution in [-0.4, -0.2) is 4.98 Å². The molecule has 1 heterocycles. The van der Waals surface area contributed by atoms with Crippen molar-refractivity contribution in [3.8, 4) is 0 Å². The van der Waals surface area contributed by atoms with Crippen LogP contribution < -0.4 is 0 Å². The lowest BCUT2D eigenvalue weighted by Crippen LogP contribution is -1.82. The Kier molecular flexibility index (Phi) is 2.00. The molecule has 1 aromatic rings. The van der Waals surface area contributed by atoms with E-state index in [4.69, 9.17) is 0 Å². The van der Waals surface area contributed by atoms with Crippen LogP contribution in [0, 0.1) is 0 Å². The molecule has 1 aromatic heterocycles. The minimum absolute atomic E-state index is 0.887. The van der Waals surface area contributed by atoms with E-state index in [1.54, 1.807) is 18.3 Å². The van der Waals surface area contributed by atoms with Crippen LogP contribution in [0.3, 0.4) is 0 Å². The van der Waals surface area contributed by atoms with Gasteiger partial charge in [0.25, 0.3) is 0 Å². The number of pyridine rings is 1. The topological polar surface area (TPSA) is 12.9 Å². The Labute approximate surface area is 60.7 Å². The van der Waals surface area contributed by atoms with Crippen LogP contribution in [0.1, 0.15) is 11.3 Å². The Morgan fingerprint density at radius 1 is 1.30 bits per heavy atom. The fourth-order valence-electron chi connectivity index (χ4n) is 0.773. The SMILES string of the molecule is C=Cc1cccnc1C=C. The average Bonchev–Trinajstić information content (AvgIpc) is 2.04. The van der Waals surface area contributed by atoms with Crippen molar-refractivity contribution < 1.29 is 0 Å². The highest BCUT2D eigenvalue weighted by Crippen LogP contribution is 2.06. The van der Waals surface area contributed by atoms with Gasteiger partial charge in [-0.1, -0.05) is 25.3 Å². The summed E-state index contributed by atoms with van der Waals surface area (Å²) in [5.41, 5.74) is 1.91. The van der Waals surface area contributed by atoms with E-state index in [2.05, 4.69) is 18.1 Å². The number of hydrogen-bond acceptors (Lipinski definition) is 1. The van der Waals surface area contributed by atoms with Gasteiger partial charge in [-0.2, -0.15) is 0 Å². The van der Waals surface area contributed by atoms with Crippen molar-refractivity contribution in [3.05, 3.63) is 42.7 Å². The molecule has 1 heteroatoms. The third-order valence-corrected chi connectivity index (χ3v) is 1.28. The third kappa shape index (κ3) is 1.13. The molecule has 0 aliphatic carbocycles. The zero-order valence-electron chi connectivity index (χ0n) is 5.75. The van der Waals surface area contributed by atoms with Gasteiger partial charge in [0.15, 0.2) is 0 Å². The Hall–Kier alpha value is -1.37. The molecule has 0 spiro atoms. The fourth-order valence-corrected chi connectivity index (χ4v) is 0.773. The molecule has 0 fully saturated rings. The summed E-state index contributed by atoms with van der Waals surface area (Å²) in [6.07, 6.45) is 5.23. The molecular weight excluding hydrogens is 122 g/mol. The molecule has 1 rings (SSSR count). The Balaban J connectivity index is 3.20. The molecule has 0 saturated carbocycles. The van der Waals surface area contributed by atoms with Crippen LogP contribution in [-0.2, 0) is 0 Å². The molecule has 1 nitrogen and oxygen atoms in total. The minimum Gasteiger partial charge on any atom is -0.256 e. The predicted molar refractivity (Wildman–Crippen MR) is 44.4 cm³/mol. The lowest BCUT2D eigenvalue weighted by molar-refractivity contribution is 1.28. The van der Waals surface area contributed by atoms with Gasteiger partial charge in [-0.05, 0) is 17.7 Å². The normalized spacial score (nSPS) is 8.80. The zero-order valence-corrected chi connectivity index (χ0v) is 5.75. The third-order valence-electron chi connectivity index (χ3n) is 1.28. The first-order valence-electron chi connectivity index (χ1n) is 3.08. The van der Waals surface area contributed by atoms with E-state index < -0.39 is 0 Å². The van der Waals surface area contributed by atoms with Crippen LogP contribution >= 0.6 is 0 Å². The second-order valence-electron chi connectivity index (χ2n) is 1.89.